The second kappa shape index (κ2) is 7.97. The van der Waals surface area contributed by atoms with E-state index in [4.69, 9.17) is 27.9 Å². The minimum atomic E-state index is -0.384. The Morgan fingerprint density at radius 3 is 2.43 bits per heavy atom. The van der Waals surface area contributed by atoms with E-state index >= 15 is 0 Å². The molecule has 0 spiro atoms. The molecule has 0 aliphatic carbocycles. The van der Waals surface area contributed by atoms with Gasteiger partial charge in [0.25, 0.3) is 0 Å². The van der Waals surface area contributed by atoms with Crippen LogP contribution in [-0.4, -0.2) is 29.6 Å². The molecule has 2 aromatic heterocycles. The molecule has 0 radical (unpaired) electrons. The zero-order chi connectivity index (χ0) is 21.4. The molecule has 0 saturated carbocycles. The summed E-state index contributed by atoms with van der Waals surface area (Å²) in [5, 5.41) is 13.0. The van der Waals surface area contributed by atoms with Gasteiger partial charge in [0.1, 0.15) is 12.4 Å². The van der Waals surface area contributed by atoms with Crippen molar-refractivity contribution in [1.82, 2.24) is 29.6 Å². The van der Waals surface area contributed by atoms with E-state index in [-0.39, 0.29) is 12.3 Å². The Hall–Kier alpha value is -3.10. The second-order valence-corrected chi connectivity index (χ2v) is 7.59. The van der Waals surface area contributed by atoms with Crippen molar-refractivity contribution in [3.63, 3.8) is 0 Å². The molecule has 0 aliphatic heterocycles. The van der Waals surface area contributed by atoms with Crippen LogP contribution in [0, 0.1) is 13.8 Å². The Morgan fingerprint density at radius 2 is 1.80 bits per heavy atom. The molecule has 4 aromatic rings. The number of ether oxygens (including phenoxy) is 1. The molecule has 10 heteroatoms. The lowest BCUT2D eigenvalue weighted by atomic mass is 10.2. The molecule has 30 heavy (non-hydrogen) atoms. The topological polar surface area (TPSA) is 79.8 Å². The number of halogens is 2. The average molecular weight is 445 g/mol. The molecular formula is C20H18Cl2N6O2. The van der Waals surface area contributed by atoms with Crippen molar-refractivity contribution < 1.29 is 4.74 Å². The smallest absolute Gasteiger partial charge is 0.368 e. The van der Waals surface area contributed by atoms with Gasteiger partial charge in [0.05, 0.1) is 22.1 Å². The van der Waals surface area contributed by atoms with Gasteiger partial charge in [-0.3, -0.25) is 0 Å². The van der Waals surface area contributed by atoms with E-state index in [0.717, 1.165) is 21.8 Å². The Bertz CT molecular complexity index is 1290. The average Bonchev–Trinajstić information content (AvgIpc) is 3.22. The Labute approximate surface area is 182 Å². The number of aromatic nitrogens is 6. The van der Waals surface area contributed by atoms with E-state index in [1.807, 2.05) is 30.7 Å². The predicted molar refractivity (Wildman–Crippen MR) is 114 cm³/mol. The number of benzene rings is 2. The quantitative estimate of drug-likeness (QED) is 0.469. The molecule has 0 N–H and O–H groups in total. The molecule has 0 atom stereocenters. The van der Waals surface area contributed by atoms with Crippen LogP contribution in [0.4, 0.5) is 0 Å². The van der Waals surface area contributed by atoms with Gasteiger partial charge < -0.3 is 4.74 Å². The normalized spacial score (nSPS) is 11.1. The highest BCUT2D eigenvalue weighted by molar-refractivity contribution is 6.32. The highest BCUT2D eigenvalue weighted by Crippen LogP contribution is 2.30. The summed E-state index contributed by atoms with van der Waals surface area (Å²) in [6.07, 6.45) is 0. The molecular weight excluding hydrogens is 427 g/mol. The van der Waals surface area contributed by atoms with E-state index in [9.17, 15) is 4.79 Å². The molecule has 0 amide bonds. The summed E-state index contributed by atoms with van der Waals surface area (Å²) in [7, 11) is 1.52. The van der Waals surface area contributed by atoms with E-state index in [1.165, 1.54) is 11.7 Å². The second-order valence-electron chi connectivity index (χ2n) is 6.78. The molecule has 0 unspecified atom stereocenters. The molecule has 154 valence electrons. The predicted octanol–water partition coefficient (Wildman–Crippen LogP) is 3.65. The fraction of sp³-hybridized carbons (Fsp3) is 0.200. The number of hydrogen-bond acceptors (Lipinski definition) is 5. The van der Waals surface area contributed by atoms with Crippen molar-refractivity contribution in [1.29, 1.82) is 0 Å². The zero-order valence-electron chi connectivity index (χ0n) is 16.5. The van der Waals surface area contributed by atoms with Crippen molar-refractivity contribution in [2.75, 3.05) is 0 Å². The first-order valence-corrected chi connectivity index (χ1v) is 9.83. The van der Waals surface area contributed by atoms with Gasteiger partial charge in [-0.25, -0.2) is 9.48 Å². The lowest BCUT2D eigenvalue weighted by molar-refractivity contribution is 0.306. The fourth-order valence-electron chi connectivity index (χ4n) is 3.13. The molecule has 0 bridgehead atoms. The van der Waals surface area contributed by atoms with Crippen LogP contribution in [0.3, 0.4) is 0 Å². The van der Waals surface area contributed by atoms with Gasteiger partial charge >= 0.3 is 5.69 Å². The Balaban J connectivity index is 1.62. The van der Waals surface area contributed by atoms with Crippen molar-refractivity contribution >= 4 is 23.2 Å². The van der Waals surface area contributed by atoms with Gasteiger partial charge in [-0.15, -0.1) is 0 Å². The summed E-state index contributed by atoms with van der Waals surface area (Å²) >= 11 is 12.8. The Morgan fingerprint density at radius 1 is 1.00 bits per heavy atom. The summed E-state index contributed by atoms with van der Waals surface area (Å²) in [6, 6.07) is 12.6. The number of rotatable bonds is 5. The maximum atomic E-state index is 12.3. The molecule has 4 rings (SSSR count). The maximum absolute atomic E-state index is 12.3. The van der Waals surface area contributed by atoms with Crippen LogP contribution in [0.15, 0.2) is 47.3 Å². The van der Waals surface area contributed by atoms with Crippen LogP contribution in [0.2, 0.25) is 10.0 Å². The molecule has 8 nitrogen and oxygen atoms in total. The van der Waals surface area contributed by atoms with Crippen LogP contribution in [0.25, 0.3) is 11.4 Å². The minimum Gasteiger partial charge on any atom is -0.487 e. The van der Waals surface area contributed by atoms with Gasteiger partial charge in [0, 0.05) is 23.3 Å². The highest BCUT2D eigenvalue weighted by atomic mass is 35.5. The first-order chi connectivity index (χ1) is 14.3. The largest absolute Gasteiger partial charge is 0.487 e. The first-order valence-electron chi connectivity index (χ1n) is 9.08. The molecule has 2 aromatic carbocycles. The van der Waals surface area contributed by atoms with Crippen molar-refractivity contribution in [3.05, 3.63) is 79.9 Å². The monoisotopic (exact) mass is 444 g/mol. The summed E-state index contributed by atoms with van der Waals surface area (Å²) in [4.78, 5) is 12.3. The molecule has 0 fully saturated rings. The highest BCUT2D eigenvalue weighted by Gasteiger charge is 2.15. The number of tetrazole rings is 1. The van der Waals surface area contributed by atoms with Crippen LogP contribution in [0.1, 0.15) is 17.0 Å². The van der Waals surface area contributed by atoms with Crippen LogP contribution in [0.5, 0.6) is 5.75 Å². The van der Waals surface area contributed by atoms with Gasteiger partial charge in [0.15, 0.2) is 0 Å². The van der Waals surface area contributed by atoms with E-state index in [2.05, 4.69) is 15.5 Å². The third-order valence-electron chi connectivity index (χ3n) is 4.59. The van der Waals surface area contributed by atoms with E-state index in [0.29, 0.717) is 27.0 Å². The SMILES string of the molecule is Cc1cc(C)n(-c2ccc(OCc3c(Cl)cccc3-n3nnn(C)c3=O)c(Cl)c2)n1. The first kappa shape index (κ1) is 20.2. The maximum Gasteiger partial charge on any atom is 0.368 e. The number of hydrogen-bond donors (Lipinski definition) is 0. The van der Waals surface area contributed by atoms with Gasteiger partial charge in [0.2, 0.25) is 0 Å². The van der Waals surface area contributed by atoms with Crippen molar-refractivity contribution in [2.45, 2.75) is 20.5 Å². The minimum absolute atomic E-state index is 0.0942. The molecule has 0 aliphatic rings. The lowest BCUT2D eigenvalue weighted by Crippen LogP contribution is -2.23. The van der Waals surface area contributed by atoms with Gasteiger partial charge in [-0.2, -0.15) is 14.5 Å². The summed E-state index contributed by atoms with van der Waals surface area (Å²) in [6.45, 7) is 4.01. The van der Waals surface area contributed by atoms with E-state index in [1.54, 1.807) is 30.3 Å². The summed E-state index contributed by atoms with van der Waals surface area (Å²) in [5.41, 5.74) is 3.48. The van der Waals surface area contributed by atoms with Crippen molar-refractivity contribution in [3.8, 4) is 17.1 Å². The van der Waals surface area contributed by atoms with Crippen molar-refractivity contribution in [2.24, 2.45) is 7.05 Å². The zero-order valence-corrected chi connectivity index (χ0v) is 18.0. The van der Waals surface area contributed by atoms with Crippen LogP contribution < -0.4 is 10.4 Å². The molecule has 0 saturated heterocycles. The third-order valence-corrected chi connectivity index (χ3v) is 5.24. The standard InChI is InChI=1S/C20H18Cl2N6O2/c1-12-9-13(2)27(23-12)14-7-8-19(17(22)10-14)30-11-15-16(21)5-4-6-18(15)28-20(29)26(3)24-25-28/h4-10H,11H2,1-3H3. The van der Waals surface area contributed by atoms with Crippen LogP contribution in [-0.2, 0) is 13.7 Å². The number of nitrogens with zero attached hydrogens (tertiary/aromatic N) is 6. The van der Waals surface area contributed by atoms with Gasteiger partial charge in [-0.05, 0) is 60.7 Å². The third kappa shape index (κ3) is 3.71. The number of aryl methyl sites for hydroxylation is 3. The Kier molecular flexibility index (Phi) is 5.36. The fourth-order valence-corrected chi connectivity index (χ4v) is 3.59. The summed E-state index contributed by atoms with van der Waals surface area (Å²) in [5.74, 6) is 0.485. The molecule has 2 heterocycles. The van der Waals surface area contributed by atoms with Gasteiger partial charge in [-0.1, -0.05) is 29.3 Å². The van der Waals surface area contributed by atoms with Crippen LogP contribution >= 0.6 is 23.2 Å². The lowest BCUT2D eigenvalue weighted by Gasteiger charge is -2.13. The summed E-state index contributed by atoms with van der Waals surface area (Å²) < 4.78 is 10.1. The van der Waals surface area contributed by atoms with E-state index < -0.39 is 0 Å².